The zero-order valence-electron chi connectivity index (χ0n) is 24.5. The van der Waals surface area contributed by atoms with Crippen LogP contribution in [0.3, 0.4) is 0 Å². The maximum Gasteiger partial charge on any atom is 0.310 e. The molecular formula is C34H38BrClN2O5S. The molecule has 3 fully saturated rings. The molecular weight excluding hydrogens is 664 g/mol. The highest BCUT2D eigenvalue weighted by molar-refractivity contribution is 9.09. The van der Waals surface area contributed by atoms with Crippen LogP contribution in [0.1, 0.15) is 31.2 Å². The molecule has 44 heavy (non-hydrogen) atoms. The minimum atomic E-state index is -0.947. The fraction of sp³-hybridized carbons (Fsp3) is 0.441. The van der Waals surface area contributed by atoms with Crippen LogP contribution < -0.4 is 4.90 Å². The van der Waals surface area contributed by atoms with E-state index in [0.29, 0.717) is 30.0 Å². The second kappa shape index (κ2) is 14.2. The van der Waals surface area contributed by atoms with Gasteiger partial charge in [0.05, 0.1) is 46.5 Å². The SMILES string of the molecule is C=CCCCCOC(=O)[C@H]1[C@@H]2SC3(CC2Br)C(C(=O)N(CC=C)c2ccccc2Cl)N([C@@H](CO)Cc2ccccc2)C(=O)[C@H]13. The molecule has 1 spiro atoms. The van der Waals surface area contributed by atoms with Gasteiger partial charge in [-0.15, -0.1) is 24.9 Å². The number of rotatable bonds is 14. The number of hydrogen-bond donors (Lipinski definition) is 1. The summed E-state index contributed by atoms with van der Waals surface area (Å²) in [4.78, 5) is 46.3. The van der Waals surface area contributed by atoms with Gasteiger partial charge in [0.1, 0.15) is 6.04 Å². The number of allylic oxidation sites excluding steroid dienone is 1. The highest BCUT2D eigenvalue weighted by atomic mass is 79.9. The Balaban J connectivity index is 1.56. The Kier molecular flexibility index (Phi) is 10.6. The number of benzene rings is 2. The number of amides is 2. The lowest BCUT2D eigenvalue weighted by Crippen LogP contribution is -2.58. The molecule has 10 heteroatoms. The van der Waals surface area contributed by atoms with Crippen molar-refractivity contribution >= 4 is 62.8 Å². The predicted molar refractivity (Wildman–Crippen MR) is 179 cm³/mol. The molecule has 7 atom stereocenters. The summed E-state index contributed by atoms with van der Waals surface area (Å²) < 4.78 is 4.86. The zero-order valence-corrected chi connectivity index (χ0v) is 27.7. The number of thioether (sulfide) groups is 1. The van der Waals surface area contributed by atoms with Gasteiger partial charge in [0, 0.05) is 16.6 Å². The summed E-state index contributed by atoms with van der Waals surface area (Å²) in [6.07, 6.45) is 6.73. The molecule has 234 valence electrons. The van der Waals surface area contributed by atoms with Crippen LogP contribution >= 0.6 is 39.3 Å². The lowest BCUT2D eigenvalue weighted by atomic mass is 9.71. The summed E-state index contributed by atoms with van der Waals surface area (Å²) in [5.74, 6) is -2.49. The van der Waals surface area contributed by atoms with Gasteiger partial charge in [0.2, 0.25) is 5.91 Å². The quantitative estimate of drug-likeness (QED) is 0.116. The van der Waals surface area contributed by atoms with E-state index in [0.717, 1.165) is 18.4 Å². The number of para-hydroxylation sites is 1. The average Bonchev–Trinajstić information content (AvgIpc) is 3.62. The van der Waals surface area contributed by atoms with E-state index in [1.54, 1.807) is 51.9 Å². The first-order valence-electron chi connectivity index (χ1n) is 15.0. The average molecular weight is 702 g/mol. The number of anilines is 1. The van der Waals surface area contributed by atoms with Crippen LogP contribution in [0, 0.1) is 11.8 Å². The number of nitrogens with zero attached hydrogens (tertiary/aromatic N) is 2. The topological polar surface area (TPSA) is 87.2 Å². The van der Waals surface area contributed by atoms with E-state index >= 15 is 0 Å². The van der Waals surface area contributed by atoms with Gasteiger partial charge in [-0.2, -0.15) is 0 Å². The Labute approximate surface area is 276 Å². The standard InChI is InChI=1S/C34H38BrClN2O5S/c1-3-5-6-12-18-43-33(42)27-28-31(40)38(23(21-39)19-22-13-8-7-9-14-22)30(34(28)20-24(35)29(27)44-34)32(41)37(17-4-2)26-16-11-10-15-25(26)36/h3-4,7-11,13-16,23-24,27-30,39H,1-2,5-6,12,17-21H2/t23-,24?,27-,28+,29-,30?,34?/m1/s1. The molecule has 2 bridgehead atoms. The van der Waals surface area contributed by atoms with Crippen LogP contribution in [0.25, 0.3) is 0 Å². The molecule has 0 radical (unpaired) electrons. The van der Waals surface area contributed by atoms with Crippen LogP contribution in [0.4, 0.5) is 5.69 Å². The number of carbonyl (C=O) groups excluding carboxylic acids is 3. The Morgan fingerprint density at radius 3 is 2.57 bits per heavy atom. The number of esters is 1. The number of hydrogen-bond acceptors (Lipinski definition) is 6. The number of likely N-dealkylation sites (tertiary alicyclic amines) is 1. The van der Waals surface area contributed by atoms with Crippen LogP contribution in [-0.4, -0.2) is 74.5 Å². The van der Waals surface area contributed by atoms with Gasteiger partial charge in [-0.1, -0.05) is 82.1 Å². The molecule has 5 rings (SSSR count). The van der Waals surface area contributed by atoms with E-state index in [9.17, 15) is 19.5 Å². The molecule has 7 nitrogen and oxygen atoms in total. The Morgan fingerprint density at radius 1 is 1.16 bits per heavy atom. The van der Waals surface area contributed by atoms with Crippen LogP contribution in [0.2, 0.25) is 5.02 Å². The highest BCUT2D eigenvalue weighted by Crippen LogP contribution is 2.68. The third-order valence-corrected chi connectivity index (χ3v) is 12.5. The number of aliphatic hydroxyl groups excluding tert-OH is 1. The van der Waals surface area contributed by atoms with Crippen molar-refractivity contribution in [3.05, 3.63) is 90.5 Å². The van der Waals surface area contributed by atoms with Crippen LogP contribution in [0.5, 0.6) is 0 Å². The van der Waals surface area contributed by atoms with E-state index in [4.69, 9.17) is 16.3 Å². The smallest absolute Gasteiger partial charge is 0.310 e. The first kappa shape index (κ1) is 32.8. The molecule has 2 aromatic rings. The van der Waals surface area contributed by atoms with Gasteiger partial charge in [0.25, 0.3) is 5.91 Å². The molecule has 2 aromatic carbocycles. The van der Waals surface area contributed by atoms with Crippen molar-refractivity contribution < 1.29 is 24.2 Å². The molecule has 0 aromatic heterocycles. The normalized spacial score (nSPS) is 27.6. The van der Waals surface area contributed by atoms with Crippen molar-refractivity contribution in [2.75, 3.05) is 24.7 Å². The maximum atomic E-state index is 14.9. The Hall–Kier alpha value is -2.59. The number of ether oxygens (including phenoxy) is 1. The molecule has 3 saturated heterocycles. The highest BCUT2D eigenvalue weighted by Gasteiger charge is 2.76. The zero-order chi connectivity index (χ0) is 31.4. The second-order valence-electron chi connectivity index (χ2n) is 11.6. The molecule has 2 amide bonds. The molecule has 0 aliphatic carbocycles. The van der Waals surface area contributed by atoms with E-state index in [1.807, 2.05) is 36.4 Å². The number of halogens is 2. The molecule has 3 heterocycles. The Bertz CT molecular complexity index is 1390. The van der Waals surface area contributed by atoms with Crippen molar-refractivity contribution in [2.45, 2.75) is 59.0 Å². The van der Waals surface area contributed by atoms with Crippen molar-refractivity contribution in [1.82, 2.24) is 4.90 Å². The minimum Gasteiger partial charge on any atom is -0.465 e. The summed E-state index contributed by atoms with van der Waals surface area (Å²) >= 11 is 11.9. The van der Waals surface area contributed by atoms with E-state index in [2.05, 4.69) is 29.1 Å². The summed E-state index contributed by atoms with van der Waals surface area (Å²) in [6.45, 7) is 7.71. The lowest BCUT2D eigenvalue weighted by molar-refractivity contribution is -0.154. The second-order valence-corrected chi connectivity index (χ2v) is 14.7. The molecule has 3 unspecified atom stereocenters. The van der Waals surface area contributed by atoms with Gasteiger partial charge in [0.15, 0.2) is 0 Å². The first-order chi connectivity index (χ1) is 21.3. The third kappa shape index (κ3) is 6.00. The van der Waals surface area contributed by atoms with E-state index < -0.39 is 34.6 Å². The lowest BCUT2D eigenvalue weighted by Gasteiger charge is -2.40. The summed E-state index contributed by atoms with van der Waals surface area (Å²) in [7, 11) is 0. The largest absolute Gasteiger partial charge is 0.465 e. The van der Waals surface area contributed by atoms with Crippen LogP contribution in [0.15, 0.2) is 79.9 Å². The molecule has 1 N–H and O–H groups in total. The van der Waals surface area contributed by atoms with E-state index in [1.165, 1.54) is 0 Å². The third-order valence-electron chi connectivity index (χ3n) is 8.92. The number of unbranched alkanes of at least 4 members (excludes halogenated alkanes) is 2. The number of carbonyl (C=O) groups is 3. The summed E-state index contributed by atoms with van der Waals surface area (Å²) in [5, 5.41) is 10.9. The first-order valence-corrected chi connectivity index (χ1v) is 17.2. The fourth-order valence-corrected chi connectivity index (χ4v) is 10.9. The van der Waals surface area contributed by atoms with Gasteiger partial charge in [-0.25, -0.2) is 0 Å². The number of aliphatic hydroxyl groups is 1. The molecule has 3 aliphatic heterocycles. The maximum absolute atomic E-state index is 14.9. The van der Waals surface area contributed by atoms with Gasteiger partial charge >= 0.3 is 5.97 Å². The predicted octanol–water partition coefficient (Wildman–Crippen LogP) is 5.83. The summed E-state index contributed by atoms with van der Waals surface area (Å²) in [5.41, 5.74) is 1.44. The van der Waals surface area contributed by atoms with E-state index in [-0.39, 0.29) is 41.6 Å². The van der Waals surface area contributed by atoms with Crippen molar-refractivity contribution in [3.8, 4) is 0 Å². The molecule has 0 saturated carbocycles. The van der Waals surface area contributed by atoms with Gasteiger partial charge in [-0.3, -0.25) is 14.4 Å². The van der Waals surface area contributed by atoms with Crippen molar-refractivity contribution in [2.24, 2.45) is 11.8 Å². The van der Waals surface area contributed by atoms with Crippen LogP contribution in [-0.2, 0) is 25.5 Å². The monoisotopic (exact) mass is 700 g/mol. The molecule has 3 aliphatic rings. The summed E-state index contributed by atoms with van der Waals surface area (Å²) in [6, 6.07) is 15.1. The number of fused-ring (bicyclic) bond motifs is 1. The van der Waals surface area contributed by atoms with Crippen molar-refractivity contribution in [3.63, 3.8) is 0 Å². The fourth-order valence-electron chi connectivity index (χ4n) is 7.06. The van der Waals surface area contributed by atoms with Crippen molar-refractivity contribution in [1.29, 1.82) is 0 Å². The Morgan fingerprint density at radius 2 is 1.89 bits per heavy atom. The van der Waals surface area contributed by atoms with Gasteiger partial charge < -0.3 is 19.6 Å². The minimum absolute atomic E-state index is 0.0972. The van der Waals surface area contributed by atoms with Gasteiger partial charge in [-0.05, 0) is 49.8 Å². The number of alkyl halides is 1.